The molecule has 0 bridgehead atoms. The quantitative estimate of drug-likeness (QED) is 0.536. The van der Waals surface area contributed by atoms with E-state index >= 15 is 0 Å². The van der Waals surface area contributed by atoms with Crippen LogP contribution < -0.4 is 19.4 Å². The van der Waals surface area contributed by atoms with Crippen molar-refractivity contribution in [3.05, 3.63) is 53.6 Å². The van der Waals surface area contributed by atoms with Gasteiger partial charge in [0.15, 0.2) is 5.82 Å². The lowest BCUT2D eigenvalue weighted by Gasteiger charge is -2.37. The molecule has 3 aromatic rings. The molecular formula is C27H34N6O2. The SMILES string of the molecule is CCOc1ccccc1-c1nc(N2CCOCC2)nc(N2CCN(c3ccc(C)cc3C)CC2)n1. The van der Waals surface area contributed by atoms with Gasteiger partial charge in [-0.05, 0) is 44.5 Å². The number of benzene rings is 2. The van der Waals surface area contributed by atoms with Crippen LogP contribution in [0.25, 0.3) is 11.4 Å². The van der Waals surface area contributed by atoms with Gasteiger partial charge in [0.2, 0.25) is 11.9 Å². The second-order valence-electron chi connectivity index (χ2n) is 9.05. The Kier molecular flexibility index (Phi) is 6.99. The minimum atomic E-state index is 0.589. The van der Waals surface area contributed by atoms with Crippen LogP contribution in [0.1, 0.15) is 18.1 Å². The normalized spacial score (nSPS) is 16.5. The average Bonchev–Trinajstić information content (AvgIpc) is 2.90. The number of aromatic nitrogens is 3. The summed E-state index contributed by atoms with van der Waals surface area (Å²) < 4.78 is 11.4. The maximum absolute atomic E-state index is 5.89. The first-order chi connectivity index (χ1) is 17.1. The summed E-state index contributed by atoms with van der Waals surface area (Å²) in [5.41, 5.74) is 4.82. The summed E-state index contributed by atoms with van der Waals surface area (Å²) in [6, 6.07) is 14.7. The third-order valence-electron chi connectivity index (χ3n) is 6.59. The van der Waals surface area contributed by atoms with Crippen molar-refractivity contribution in [2.75, 3.05) is 73.8 Å². The van der Waals surface area contributed by atoms with Crippen LogP contribution in [0.3, 0.4) is 0 Å². The molecular weight excluding hydrogens is 440 g/mol. The van der Waals surface area contributed by atoms with E-state index in [4.69, 9.17) is 24.4 Å². The van der Waals surface area contributed by atoms with Crippen LogP contribution in [-0.4, -0.2) is 74.0 Å². The van der Waals surface area contributed by atoms with Gasteiger partial charge in [-0.2, -0.15) is 15.0 Å². The molecule has 0 aliphatic carbocycles. The van der Waals surface area contributed by atoms with Gasteiger partial charge in [0.25, 0.3) is 0 Å². The van der Waals surface area contributed by atoms with E-state index in [0.29, 0.717) is 31.6 Å². The van der Waals surface area contributed by atoms with E-state index in [1.165, 1.54) is 16.8 Å². The molecule has 8 heteroatoms. The zero-order chi connectivity index (χ0) is 24.2. The Labute approximate surface area is 207 Å². The molecule has 8 nitrogen and oxygen atoms in total. The summed E-state index contributed by atoms with van der Waals surface area (Å²) >= 11 is 0. The number of piperazine rings is 1. The lowest BCUT2D eigenvalue weighted by Crippen LogP contribution is -2.47. The molecule has 184 valence electrons. The molecule has 2 aliphatic rings. The molecule has 2 aliphatic heterocycles. The fraction of sp³-hybridized carbons (Fsp3) is 0.444. The Bertz CT molecular complexity index is 1160. The van der Waals surface area contributed by atoms with Crippen molar-refractivity contribution in [1.29, 1.82) is 0 Å². The van der Waals surface area contributed by atoms with Crippen molar-refractivity contribution < 1.29 is 9.47 Å². The lowest BCUT2D eigenvalue weighted by molar-refractivity contribution is 0.122. The zero-order valence-corrected chi connectivity index (χ0v) is 20.9. The molecule has 0 N–H and O–H groups in total. The van der Waals surface area contributed by atoms with Crippen molar-refractivity contribution in [1.82, 2.24) is 15.0 Å². The summed E-state index contributed by atoms with van der Waals surface area (Å²) in [6.07, 6.45) is 0. The highest BCUT2D eigenvalue weighted by Crippen LogP contribution is 2.30. The van der Waals surface area contributed by atoms with E-state index in [2.05, 4.69) is 46.7 Å². The number of rotatable bonds is 6. The van der Waals surface area contributed by atoms with Gasteiger partial charge in [-0.25, -0.2) is 0 Å². The zero-order valence-electron chi connectivity index (χ0n) is 20.9. The van der Waals surface area contributed by atoms with Crippen molar-refractivity contribution >= 4 is 17.6 Å². The van der Waals surface area contributed by atoms with E-state index in [0.717, 1.165) is 56.5 Å². The monoisotopic (exact) mass is 474 g/mol. The maximum atomic E-state index is 5.89. The van der Waals surface area contributed by atoms with Gasteiger partial charge >= 0.3 is 0 Å². The number of aryl methyl sites for hydroxylation is 2. The van der Waals surface area contributed by atoms with Crippen LogP contribution in [-0.2, 0) is 4.74 Å². The molecule has 5 rings (SSSR count). The summed E-state index contributed by atoms with van der Waals surface area (Å²) in [5.74, 6) is 2.87. The van der Waals surface area contributed by atoms with E-state index in [9.17, 15) is 0 Å². The lowest BCUT2D eigenvalue weighted by atomic mass is 10.1. The number of para-hydroxylation sites is 1. The van der Waals surface area contributed by atoms with Crippen LogP contribution >= 0.6 is 0 Å². The predicted molar refractivity (Wildman–Crippen MR) is 140 cm³/mol. The number of nitrogens with zero attached hydrogens (tertiary/aromatic N) is 6. The molecule has 1 aromatic heterocycles. The number of anilines is 3. The molecule has 3 heterocycles. The fourth-order valence-corrected chi connectivity index (χ4v) is 4.76. The van der Waals surface area contributed by atoms with Gasteiger partial charge in [0, 0.05) is 45.0 Å². The maximum Gasteiger partial charge on any atom is 0.230 e. The van der Waals surface area contributed by atoms with Crippen LogP contribution in [0.2, 0.25) is 0 Å². The van der Waals surface area contributed by atoms with Crippen LogP contribution in [0, 0.1) is 13.8 Å². The highest BCUT2D eigenvalue weighted by atomic mass is 16.5. The van der Waals surface area contributed by atoms with Crippen molar-refractivity contribution in [2.45, 2.75) is 20.8 Å². The van der Waals surface area contributed by atoms with Crippen LogP contribution in [0.5, 0.6) is 5.75 Å². The highest BCUT2D eigenvalue weighted by molar-refractivity contribution is 5.66. The Morgan fingerprint density at radius 1 is 0.800 bits per heavy atom. The standard InChI is InChI=1S/C27H34N6O2/c1-4-35-24-8-6-5-7-22(24)25-28-26(30-27(29-25)33-15-17-34-18-16-33)32-13-11-31(12-14-32)23-10-9-20(2)19-21(23)3/h5-10,19H,4,11-18H2,1-3H3. The van der Waals surface area contributed by atoms with E-state index in [1.54, 1.807) is 0 Å². The molecule has 2 fully saturated rings. The molecule has 0 radical (unpaired) electrons. The first-order valence-electron chi connectivity index (χ1n) is 12.5. The minimum absolute atomic E-state index is 0.589. The summed E-state index contributed by atoms with van der Waals surface area (Å²) in [4.78, 5) is 21.7. The topological polar surface area (TPSA) is 66.9 Å². The molecule has 35 heavy (non-hydrogen) atoms. The number of morpholine rings is 1. The first-order valence-corrected chi connectivity index (χ1v) is 12.5. The van der Waals surface area contributed by atoms with Gasteiger partial charge in [0.05, 0.1) is 25.4 Å². The fourth-order valence-electron chi connectivity index (χ4n) is 4.76. The molecule has 2 saturated heterocycles. The van der Waals surface area contributed by atoms with Crippen molar-refractivity contribution in [3.8, 4) is 17.1 Å². The predicted octanol–water partition coefficient (Wildman–Crippen LogP) is 3.72. The Hall–Kier alpha value is -3.39. The van der Waals surface area contributed by atoms with E-state index in [1.807, 2.05) is 31.2 Å². The third-order valence-corrected chi connectivity index (χ3v) is 6.59. The van der Waals surface area contributed by atoms with E-state index < -0.39 is 0 Å². The third kappa shape index (κ3) is 5.17. The molecule has 0 unspecified atom stereocenters. The largest absolute Gasteiger partial charge is 0.493 e. The Morgan fingerprint density at radius 2 is 1.46 bits per heavy atom. The van der Waals surface area contributed by atoms with Crippen molar-refractivity contribution in [3.63, 3.8) is 0 Å². The molecule has 0 spiro atoms. The van der Waals surface area contributed by atoms with Gasteiger partial charge in [-0.15, -0.1) is 0 Å². The van der Waals surface area contributed by atoms with Crippen molar-refractivity contribution in [2.24, 2.45) is 0 Å². The number of ether oxygens (including phenoxy) is 2. The Morgan fingerprint density at radius 3 is 2.14 bits per heavy atom. The van der Waals surface area contributed by atoms with Gasteiger partial charge in [0.1, 0.15) is 5.75 Å². The van der Waals surface area contributed by atoms with Crippen LogP contribution in [0.4, 0.5) is 17.6 Å². The Balaban J connectivity index is 1.44. The van der Waals surface area contributed by atoms with Gasteiger partial charge < -0.3 is 24.2 Å². The highest BCUT2D eigenvalue weighted by Gasteiger charge is 2.24. The first kappa shape index (κ1) is 23.4. The smallest absolute Gasteiger partial charge is 0.230 e. The molecule has 2 aromatic carbocycles. The minimum Gasteiger partial charge on any atom is -0.493 e. The van der Waals surface area contributed by atoms with Crippen LogP contribution in [0.15, 0.2) is 42.5 Å². The van der Waals surface area contributed by atoms with Gasteiger partial charge in [-0.3, -0.25) is 0 Å². The average molecular weight is 475 g/mol. The second-order valence-corrected chi connectivity index (χ2v) is 9.05. The second kappa shape index (κ2) is 10.5. The molecule has 0 atom stereocenters. The molecule has 0 amide bonds. The summed E-state index contributed by atoms with van der Waals surface area (Å²) in [7, 11) is 0. The van der Waals surface area contributed by atoms with Gasteiger partial charge in [-0.1, -0.05) is 29.8 Å². The summed E-state index contributed by atoms with van der Waals surface area (Å²) in [5, 5.41) is 0. The number of hydrogen-bond acceptors (Lipinski definition) is 8. The molecule has 0 saturated carbocycles. The number of hydrogen-bond donors (Lipinski definition) is 0. The summed E-state index contributed by atoms with van der Waals surface area (Å²) in [6.45, 7) is 13.4. The van der Waals surface area contributed by atoms with E-state index in [-0.39, 0.29) is 0 Å².